The van der Waals surface area contributed by atoms with E-state index >= 15 is 0 Å². The van der Waals surface area contributed by atoms with E-state index in [0.29, 0.717) is 6.10 Å². The number of rotatable bonds is 5. The van der Waals surface area contributed by atoms with E-state index in [2.05, 4.69) is 63.0 Å². The summed E-state index contributed by atoms with van der Waals surface area (Å²) in [5.74, 6) is 0. The van der Waals surface area contributed by atoms with Crippen LogP contribution in [-0.4, -0.2) is 23.4 Å². The monoisotopic (exact) mass is 374 g/mol. The Labute approximate surface area is 127 Å². The van der Waals surface area contributed by atoms with Gasteiger partial charge in [0.05, 0.1) is 6.10 Å². The van der Waals surface area contributed by atoms with Gasteiger partial charge in [-0.25, -0.2) is 0 Å². The standard InChI is InChI=1S/C15H20Br2O/c1-12-5-2-3-7-14(12)15(10-16,11-17)9-13-6-4-8-18-13/h2-3,5,7,13H,4,6,8-11H2,1H3. The summed E-state index contributed by atoms with van der Waals surface area (Å²) in [5, 5.41) is 1.94. The SMILES string of the molecule is Cc1ccccc1C(CBr)(CBr)CC1CCCO1. The summed E-state index contributed by atoms with van der Waals surface area (Å²) in [6.45, 7) is 3.13. The van der Waals surface area contributed by atoms with Crippen molar-refractivity contribution in [1.29, 1.82) is 0 Å². The highest BCUT2D eigenvalue weighted by atomic mass is 79.9. The van der Waals surface area contributed by atoms with Crippen LogP contribution in [0, 0.1) is 6.92 Å². The lowest BCUT2D eigenvalue weighted by Crippen LogP contribution is -2.35. The molecule has 1 heterocycles. The van der Waals surface area contributed by atoms with Crippen molar-refractivity contribution in [3.8, 4) is 0 Å². The van der Waals surface area contributed by atoms with Gasteiger partial charge in [-0.05, 0) is 37.3 Å². The van der Waals surface area contributed by atoms with Crippen molar-refractivity contribution in [2.24, 2.45) is 0 Å². The lowest BCUT2D eigenvalue weighted by atomic mass is 9.77. The first-order chi connectivity index (χ1) is 8.72. The number of hydrogen-bond donors (Lipinski definition) is 0. The van der Waals surface area contributed by atoms with Crippen molar-refractivity contribution in [2.45, 2.75) is 37.7 Å². The minimum atomic E-state index is 0.139. The molecule has 0 radical (unpaired) electrons. The van der Waals surface area contributed by atoms with Gasteiger partial charge in [0.2, 0.25) is 0 Å². The third kappa shape index (κ3) is 3.00. The number of halogens is 2. The van der Waals surface area contributed by atoms with E-state index < -0.39 is 0 Å². The molecule has 2 rings (SSSR count). The lowest BCUT2D eigenvalue weighted by molar-refractivity contribution is 0.0891. The Morgan fingerprint density at radius 3 is 2.56 bits per heavy atom. The van der Waals surface area contributed by atoms with E-state index in [4.69, 9.17) is 4.74 Å². The van der Waals surface area contributed by atoms with Gasteiger partial charge in [-0.15, -0.1) is 0 Å². The molecule has 0 saturated carbocycles. The third-order valence-electron chi connectivity index (χ3n) is 3.87. The molecule has 1 saturated heterocycles. The summed E-state index contributed by atoms with van der Waals surface area (Å²) < 4.78 is 5.83. The minimum absolute atomic E-state index is 0.139. The Balaban J connectivity index is 2.27. The molecule has 1 unspecified atom stereocenters. The van der Waals surface area contributed by atoms with Crippen molar-refractivity contribution in [2.75, 3.05) is 17.3 Å². The van der Waals surface area contributed by atoms with Gasteiger partial charge in [0.25, 0.3) is 0 Å². The molecule has 3 heteroatoms. The van der Waals surface area contributed by atoms with Gasteiger partial charge < -0.3 is 4.74 Å². The van der Waals surface area contributed by atoms with Gasteiger partial charge in [-0.2, -0.15) is 0 Å². The molecule has 1 nitrogen and oxygen atoms in total. The highest BCUT2D eigenvalue weighted by Gasteiger charge is 2.35. The molecule has 0 aliphatic carbocycles. The number of aryl methyl sites for hydroxylation is 1. The number of ether oxygens (including phenoxy) is 1. The topological polar surface area (TPSA) is 9.23 Å². The molecule has 1 aliphatic rings. The van der Waals surface area contributed by atoms with E-state index in [9.17, 15) is 0 Å². The number of hydrogen-bond acceptors (Lipinski definition) is 1. The highest BCUT2D eigenvalue weighted by Crippen LogP contribution is 2.38. The largest absolute Gasteiger partial charge is 0.378 e. The van der Waals surface area contributed by atoms with Crippen LogP contribution in [0.1, 0.15) is 30.4 Å². The fourth-order valence-corrected chi connectivity index (χ4v) is 4.80. The van der Waals surface area contributed by atoms with Crippen molar-refractivity contribution >= 4 is 31.9 Å². The Kier molecular flexibility index (Phi) is 5.28. The molecule has 1 aromatic rings. The second-order valence-electron chi connectivity index (χ2n) is 5.20. The second kappa shape index (κ2) is 6.53. The summed E-state index contributed by atoms with van der Waals surface area (Å²) in [7, 11) is 0. The van der Waals surface area contributed by atoms with Crippen LogP contribution in [0.3, 0.4) is 0 Å². The highest BCUT2D eigenvalue weighted by molar-refractivity contribution is 9.09. The summed E-state index contributed by atoms with van der Waals surface area (Å²) in [6, 6.07) is 8.70. The van der Waals surface area contributed by atoms with Crippen LogP contribution in [-0.2, 0) is 10.2 Å². The zero-order valence-corrected chi connectivity index (χ0v) is 14.0. The fraction of sp³-hybridized carbons (Fsp3) is 0.600. The van der Waals surface area contributed by atoms with Gasteiger partial charge in [0.1, 0.15) is 0 Å². The molecule has 100 valence electrons. The van der Waals surface area contributed by atoms with Gasteiger partial charge >= 0.3 is 0 Å². The van der Waals surface area contributed by atoms with E-state index in [-0.39, 0.29) is 5.41 Å². The van der Waals surface area contributed by atoms with Crippen LogP contribution in [0.15, 0.2) is 24.3 Å². The van der Waals surface area contributed by atoms with Crippen molar-refractivity contribution in [3.63, 3.8) is 0 Å². The zero-order chi connectivity index (χ0) is 13.0. The number of benzene rings is 1. The summed E-state index contributed by atoms with van der Waals surface area (Å²) in [6.07, 6.45) is 3.92. The molecular weight excluding hydrogens is 356 g/mol. The predicted octanol–water partition coefficient (Wildman–Crippen LogP) is 4.59. The molecule has 1 aromatic carbocycles. The summed E-state index contributed by atoms with van der Waals surface area (Å²) in [4.78, 5) is 0. The molecule has 0 spiro atoms. The smallest absolute Gasteiger partial charge is 0.0585 e. The average molecular weight is 376 g/mol. The Morgan fingerprint density at radius 1 is 1.28 bits per heavy atom. The maximum Gasteiger partial charge on any atom is 0.0585 e. The Morgan fingerprint density at radius 2 is 2.00 bits per heavy atom. The van der Waals surface area contributed by atoms with Crippen molar-refractivity contribution in [1.82, 2.24) is 0 Å². The van der Waals surface area contributed by atoms with E-state index in [1.165, 1.54) is 24.0 Å². The Hall–Kier alpha value is 0.140. The van der Waals surface area contributed by atoms with E-state index in [1.807, 2.05) is 0 Å². The van der Waals surface area contributed by atoms with Crippen LogP contribution in [0.4, 0.5) is 0 Å². The average Bonchev–Trinajstić information content (AvgIpc) is 2.90. The first kappa shape index (κ1) is 14.5. The maximum absolute atomic E-state index is 5.83. The molecule has 0 amide bonds. The van der Waals surface area contributed by atoms with Crippen LogP contribution in [0.2, 0.25) is 0 Å². The quantitative estimate of drug-likeness (QED) is 0.683. The third-order valence-corrected chi connectivity index (χ3v) is 6.02. The maximum atomic E-state index is 5.83. The summed E-state index contributed by atoms with van der Waals surface area (Å²) in [5.41, 5.74) is 2.95. The molecule has 1 atom stereocenters. The molecule has 0 bridgehead atoms. The molecule has 1 aliphatic heterocycles. The Bertz CT molecular complexity index is 382. The zero-order valence-electron chi connectivity index (χ0n) is 10.8. The normalized spacial score (nSPS) is 20.3. The predicted molar refractivity (Wildman–Crippen MR) is 84.0 cm³/mol. The lowest BCUT2D eigenvalue weighted by Gasteiger charge is -2.34. The van der Waals surface area contributed by atoms with E-state index in [1.54, 1.807) is 0 Å². The van der Waals surface area contributed by atoms with Crippen LogP contribution >= 0.6 is 31.9 Å². The summed E-state index contributed by atoms with van der Waals surface area (Å²) >= 11 is 7.45. The first-order valence-corrected chi connectivity index (χ1v) is 8.76. The van der Waals surface area contributed by atoms with Gasteiger partial charge in [0.15, 0.2) is 0 Å². The van der Waals surface area contributed by atoms with E-state index in [0.717, 1.165) is 23.7 Å². The van der Waals surface area contributed by atoms with Crippen LogP contribution in [0.5, 0.6) is 0 Å². The molecule has 0 N–H and O–H groups in total. The second-order valence-corrected chi connectivity index (χ2v) is 6.32. The van der Waals surface area contributed by atoms with Crippen molar-refractivity contribution < 1.29 is 4.74 Å². The first-order valence-electron chi connectivity index (χ1n) is 6.51. The van der Waals surface area contributed by atoms with Gasteiger partial charge in [-0.3, -0.25) is 0 Å². The molecule has 18 heavy (non-hydrogen) atoms. The molecule has 1 fully saturated rings. The van der Waals surface area contributed by atoms with Gasteiger partial charge in [-0.1, -0.05) is 56.1 Å². The number of alkyl halides is 2. The van der Waals surface area contributed by atoms with Crippen molar-refractivity contribution in [3.05, 3.63) is 35.4 Å². The molecule has 0 aromatic heterocycles. The van der Waals surface area contributed by atoms with Gasteiger partial charge in [0, 0.05) is 22.7 Å². The minimum Gasteiger partial charge on any atom is -0.378 e. The molecular formula is C15H20Br2O. The van der Waals surface area contributed by atoms with Crippen LogP contribution < -0.4 is 0 Å². The van der Waals surface area contributed by atoms with Crippen LogP contribution in [0.25, 0.3) is 0 Å². The fourth-order valence-electron chi connectivity index (χ4n) is 2.81.